The lowest BCUT2D eigenvalue weighted by atomic mass is 10.1. The fraction of sp³-hybridized carbons (Fsp3) is 0.524. The number of hydrogen-bond acceptors (Lipinski definition) is 4. The number of fused-ring (bicyclic) bond motifs is 1. The average Bonchev–Trinajstić information content (AvgIpc) is 3.29. The van der Waals surface area contributed by atoms with Gasteiger partial charge in [0.05, 0.1) is 6.54 Å². The van der Waals surface area contributed by atoms with Crippen LogP contribution in [0.5, 0.6) is 0 Å². The first kappa shape index (κ1) is 20.9. The normalized spacial score (nSPS) is 15.2. The number of guanidine groups is 1. The van der Waals surface area contributed by atoms with E-state index in [2.05, 4.69) is 60.0 Å². The van der Waals surface area contributed by atoms with Crippen molar-refractivity contribution >= 4 is 34.5 Å². The Hall–Kier alpha value is -1.86. The largest absolute Gasteiger partial charge is 0.357 e. The monoisotopic (exact) mass is 418 g/mol. The van der Waals surface area contributed by atoms with Gasteiger partial charge in [-0.3, -0.25) is 9.79 Å². The molecule has 2 N–H and O–H groups in total. The maximum Gasteiger partial charge on any atom is 0.224 e. The minimum atomic E-state index is 0.193. The molecule has 0 radical (unpaired) electrons. The molecule has 1 unspecified atom stereocenters. The van der Waals surface area contributed by atoms with Gasteiger partial charge >= 0.3 is 0 Å². The summed E-state index contributed by atoms with van der Waals surface area (Å²) in [5, 5.41) is 8.87. The van der Waals surface area contributed by atoms with Gasteiger partial charge in [-0.05, 0) is 56.3 Å². The lowest BCUT2D eigenvalue weighted by Gasteiger charge is -2.27. The Kier molecular flexibility index (Phi) is 7.50. The van der Waals surface area contributed by atoms with E-state index in [0.29, 0.717) is 13.0 Å². The number of rotatable bonds is 7. The molecule has 3 rings (SSSR count). The molecule has 1 aliphatic heterocycles. The van der Waals surface area contributed by atoms with Crippen molar-refractivity contribution in [2.75, 3.05) is 19.6 Å². The quantitative estimate of drug-likeness (QED) is 0.534. The minimum absolute atomic E-state index is 0.193. The summed E-state index contributed by atoms with van der Waals surface area (Å²) in [6.45, 7) is 9.24. The molecule has 0 spiro atoms. The van der Waals surface area contributed by atoms with E-state index >= 15 is 0 Å². The standard InChI is InChI=1S/C21H30N4OS2/c1-4-22-21(24-15(2)13-18-6-5-16(3)28-18)23-10-7-20(26)25-11-8-19-17(14-25)9-12-27-19/h5-6,9,12,15H,4,7-8,10-11,13-14H2,1-3H3,(H2,22,23,24). The van der Waals surface area contributed by atoms with Gasteiger partial charge in [0.25, 0.3) is 0 Å². The molecule has 0 saturated heterocycles. The molecule has 0 saturated carbocycles. The van der Waals surface area contributed by atoms with Crippen molar-refractivity contribution in [1.82, 2.24) is 15.5 Å². The summed E-state index contributed by atoms with van der Waals surface area (Å²) in [4.78, 5) is 23.3. The molecular weight excluding hydrogens is 388 g/mol. The summed E-state index contributed by atoms with van der Waals surface area (Å²) >= 11 is 3.64. The van der Waals surface area contributed by atoms with E-state index in [1.54, 1.807) is 11.3 Å². The summed E-state index contributed by atoms with van der Waals surface area (Å²) in [6, 6.07) is 6.78. The third-order valence-electron chi connectivity index (χ3n) is 4.79. The Labute approximate surface area is 175 Å². The van der Waals surface area contributed by atoms with E-state index in [1.165, 1.54) is 20.2 Å². The van der Waals surface area contributed by atoms with Crippen LogP contribution < -0.4 is 10.6 Å². The number of aliphatic imine (C=N–C) groups is 1. The Morgan fingerprint density at radius 2 is 2.21 bits per heavy atom. The molecule has 0 aliphatic carbocycles. The minimum Gasteiger partial charge on any atom is -0.357 e. The smallest absolute Gasteiger partial charge is 0.224 e. The molecule has 28 heavy (non-hydrogen) atoms. The van der Waals surface area contributed by atoms with Gasteiger partial charge in [0.15, 0.2) is 5.96 Å². The van der Waals surface area contributed by atoms with Crippen LogP contribution in [-0.2, 0) is 24.2 Å². The van der Waals surface area contributed by atoms with Gasteiger partial charge in [-0.15, -0.1) is 22.7 Å². The topological polar surface area (TPSA) is 56.7 Å². The molecule has 1 atom stereocenters. The Balaban J connectivity index is 1.47. The first-order valence-electron chi connectivity index (χ1n) is 9.98. The Morgan fingerprint density at radius 3 is 2.96 bits per heavy atom. The SMILES string of the molecule is CCNC(=NCCC(=O)N1CCc2sccc2C1)NC(C)Cc1ccc(C)s1. The van der Waals surface area contributed by atoms with Crippen molar-refractivity contribution in [3.8, 4) is 0 Å². The van der Waals surface area contributed by atoms with Crippen LogP contribution in [0.3, 0.4) is 0 Å². The Morgan fingerprint density at radius 1 is 1.36 bits per heavy atom. The predicted molar refractivity (Wildman–Crippen MR) is 119 cm³/mol. The lowest BCUT2D eigenvalue weighted by molar-refractivity contribution is -0.131. The highest BCUT2D eigenvalue weighted by Gasteiger charge is 2.21. The molecule has 1 amide bonds. The van der Waals surface area contributed by atoms with Crippen LogP contribution >= 0.6 is 22.7 Å². The number of thiophene rings is 2. The van der Waals surface area contributed by atoms with E-state index in [9.17, 15) is 4.79 Å². The highest BCUT2D eigenvalue weighted by atomic mass is 32.1. The number of carbonyl (C=O) groups excluding carboxylic acids is 1. The second kappa shape index (κ2) is 10.1. The third kappa shape index (κ3) is 5.82. The number of aryl methyl sites for hydroxylation is 1. The first-order chi connectivity index (χ1) is 13.5. The van der Waals surface area contributed by atoms with E-state index in [1.807, 2.05) is 16.2 Å². The summed E-state index contributed by atoms with van der Waals surface area (Å²) < 4.78 is 0. The molecule has 0 bridgehead atoms. The maximum absolute atomic E-state index is 12.6. The van der Waals surface area contributed by atoms with Gasteiger partial charge in [0.1, 0.15) is 0 Å². The number of nitrogens with one attached hydrogen (secondary N) is 2. The lowest BCUT2D eigenvalue weighted by Crippen LogP contribution is -2.43. The van der Waals surface area contributed by atoms with Crippen molar-refractivity contribution in [2.24, 2.45) is 4.99 Å². The van der Waals surface area contributed by atoms with E-state index in [-0.39, 0.29) is 11.9 Å². The number of carbonyl (C=O) groups is 1. The highest BCUT2D eigenvalue weighted by Crippen LogP contribution is 2.24. The van der Waals surface area contributed by atoms with Gasteiger partial charge in [-0.25, -0.2) is 0 Å². The van der Waals surface area contributed by atoms with Crippen LogP contribution in [0.25, 0.3) is 0 Å². The van der Waals surface area contributed by atoms with Crippen LogP contribution in [-0.4, -0.2) is 42.4 Å². The zero-order valence-electron chi connectivity index (χ0n) is 17.0. The zero-order chi connectivity index (χ0) is 19.9. The number of amides is 1. The number of hydrogen-bond donors (Lipinski definition) is 2. The summed E-state index contributed by atoms with van der Waals surface area (Å²) in [6.07, 6.45) is 2.40. The third-order valence-corrected chi connectivity index (χ3v) is 6.83. The average molecular weight is 419 g/mol. The van der Waals surface area contributed by atoms with Crippen molar-refractivity contribution in [3.63, 3.8) is 0 Å². The molecule has 152 valence electrons. The molecule has 3 heterocycles. The van der Waals surface area contributed by atoms with Gasteiger partial charge in [-0.2, -0.15) is 0 Å². The van der Waals surface area contributed by atoms with Gasteiger partial charge < -0.3 is 15.5 Å². The highest BCUT2D eigenvalue weighted by molar-refractivity contribution is 7.11. The van der Waals surface area contributed by atoms with Crippen LogP contribution in [0.15, 0.2) is 28.6 Å². The second-order valence-electron chi connectivity index (χ2n) is 7.21. The molecule has 0 aromatic carbocycles. The van der Waals surface area contributed by atoms with Crippen LogP contribution in [0.2, 0.25) is 0 Å². The second-order valence-corrected chi connectivity index (χ2v) is 9.58. The summed E-state index contributed by atoms with van der Waals surface area (Å²) in [7, 11) is 0. The van der Waals surface area contributed by atoms with E-state index in [0.717, 1.165) is 38.4 Å². The van der Waals surface area contributed by atoms with E-state index < -0.39 is 0 Å². The molecule has 5 nitrogen and oxygen atoms in total. The molecule has 7 heteroatoms. The van der Waals surface area contributed by atoms with Crippen molar-refractivity contribution in [2.45, 2.75) is 52.6 Å². The molecule has 2 aromatic heterocycles. The fourth-order valence-corrected chi connectivity index (χ4v) is 5.29. The molecule has 1 aliphatic rings. The van der Waals surface area contributed by atoms with Crippen LogP contribution in [0.4, 0.5) is 0 Å². The predicted octanol–water partition coefficient (Wildman–Crippen LogP) is 3.58. The molecular formula is C21H30N4OS2. The maximum atomic E-state index is 12.6. The van der Waals surface area contributed by atoms with Crippen LogP contribution in [0.1, 0.15) is 40.5 Å². The summed E-state index contributed by atoms with van der Waals surface area (Å²) in [5.41, 5.74) is 1.31. The molecule has 2 aromatic rings. The first-order valence-corrected chi connectivity index (χ1v) is 11.7. The zero-order valence-corrected chi connectivity index (χ0v) is 18.6. The van der Waals surface area contributed by atoms with Gasteiger partial charge in [0, 0.05) is 53.1 Å². The molecule has 0 fully saturated rings. The fourth-order valence-electron chi connectivity index (χ4n) is 3.38. The van der Waals surface area contributed by atoms with Crippen molar-refractivity contribution in [1.29, 1.82) is 0 Å². The van der Waals surface area contributed by atoms with E-state index in [4.69, 9.17) is 0 Å². The number of nitrogens with zero attached hydrogens (tertiary/aromatic N) is 2. The van der Waals surface area contributed by atoms with Crippen molar-refractivity contribution < 1.29 is 4.79 Å². The van der Waals surface area contributed by atoms with Crippen molar-refractivity contribution in [3.05, 3.63) is 43.8 Å². The van der Waals surface area contributed by atoms with Crippen LogP contribution in [0, 0.1) is 6.92 Å². The summed E-state index contributed by atoms with van der Waals surface area (Å²) in [5.74, 6) is 0.980. The van der Waals surface area contributed by atoms with Gasteiger partial charge in [0.2, 0.25) is 5.91 Å². The van der Waals surface area contributed by atoms with Gasteiger partial charge in [-0.1, -0.05) is 0 Å². The Bertz CT molecular complexity index is 811.